The Balaban J connectivity index is 1.44. The Kier molecular flexibility index (Phi) is 9.71. The van der Waals surface area contributed by atoms with Crippen molar-refractivity contribution in [2.24, 2.45) is 5.92 Å². The Morgan fingerprint density at radius 3 is 2.46 bits per heavy atom. The van der Waals surface area contributed by atoms with Crippen molar-refractivity contribution in [1.29, 1.82) is 0 Å². The normalized spacial score (nSPS) is 19.9. The van der Waals surface area contributed by atoms with Crippen LogP contribution in [0, 0.1) is 18.7 Å². The van der Waals surface area contributed by atoms with E-state index in [0.29, 0.717) is 35.6 Å². The van der Waals surface area contributed by atoms with Crippen molar-refractivity contribution in [2.45, 2.75) is 77.9 Å². The molecule has 1 aromatic heterocycles. The molecule has 256 valence electrons. The first-order chi connectivity index (χ1) is 22.5. The number of carbonyl (C=O) groups is 2. The topological polar surface area (TPSA) is 99.5 Å². The molecule has 2 aliphatic rings. The molecular formula is C36H41F4N5O3. The highest BCUT2D eigenvalue weighted by Crippen LogP contribution is 2.39. The number of halogens is 4. The number of likely N-dealkylation sites (N-methyl/N-ethyl adjacent to an activating group) is 1. The summed E-state index contributed by atoms with van der Waals surface area (Å²) in [4.78, 5) is 29.0. The molecule has 0 saturated carbocycles. The zero-order chi connectivity index (χ0) is 35.1. The molecule has 0 aliphatic carbocycles. The molecule has 3 N–H and O–H groups in total. The van der Waals surface area contributed by atoms with Gasteiger partial charge in [0.25, 0.3) is 5.91 Å². The summed E-state index contributed by atoms with van der Waals surface area (Å²) >= 11 is 0. The first-order valence-electron chi connectivity index (χ1n) is 16.0. The summed E-state index contributed by atoms with van der Waals surface area (Å²) in [7, 11) is 2.07. The minimum Gasteiger partial charge on any atom is -0.376 e. The van der Waals surface area contributed by atoms with Crippen molar-refractivity contribution < 1.29 is 32.3 Å². The summed E-state index contributed by atoms with van der Waals surface area (Å²) in [6, 6.07) is 9.08. The fraction of sp³-hybridized carbons (Fsp3) is 0.417. The van der Waals surface area contributed by atoms with Crippen LogP contribution < -0.4 is 10.6 Å². The largest absolute Gasteiger partial charge is 0.421 e. The number of allylic oxidation sites excluding steroid dienone is 2. The van der Waals surface area contributed by atoms with Crippen LogP contribution in [-0.4, -0.2) is 57.4 Å². The molecule has 4 unspecified atom stereocenters. The van der Waals surface area contributed by atoms with Gasteiger partial charge in [0.05, 0.1) is 23.6 Å². The highest BCUT2D eigenvalue weighted by molar-refractivity contribution is 6.05. The minimum absolute atomic E-state index is 0.0193. The monoisotopic (exact) mass is 667 g/mol. The Hall–Kier alpha value is -4.29. The minimum atomic E-state index is -4.91. The number of amides is 2. The number of nitrogens with one attached hydrogen (secondary N) is 2. The first kappa shape index (κ1) is 35.0. The van der Waals surface area contributed by atoms with Gasteiger partial charge in [0, 0.05) is 36.2 Å². The zero-order valence-corrected chi connectivity index (χ0v) is 27.9. The number of alkyl halides is 3. The van der Waals surface area contributed by atoms with Gasteiger partial charge in [-0.15, -0.1) is 0 Å². The Morgan fingerprint density at radius 2 is 1.79 bits per heavy atom. The van der Waals surface area contributed by atoms with Gasteiger partial charge in [0.2, 0.25) is 5.91 Å². The van der Waals surface area contributed by atoms with Crippen LogP contribution in [-0.2, 0) is 23.5 Å². The van der Waals surface area contributed by atoms with Crippen LogP contribution >= 0.6 is 0 Å². The molecule has 12 heteroatoms. The van der Waals surface area contributed by atoms with Crippen molar-refractivity contribution in [2.75, 3.05) is 18.9 Å². The van der Waals surface area contributed by atoms with E-state index in [4.69, 9.17) is 5.10 Å². The number of hydrogen-bond acceptors (Lipinski definition) is 5. The molecule has 48 heavy (non-hydrogen) atoms. The van der Waals surface area contributed by atoms with E-state index in [1.807, 2.05) is 30.7 Å². The molecule has 0 spiro atoms. The average molecular weight is 668 g/mol. The van der Waals surface area contributed by atoms with E-state index in [-0.39, 0.29) is 35.0 Å². The van der Waals surface area contributed by atoms with E-state index in [0.717, 1.165) is 55.3 Å². The van der Waals surface area contributed by atoms with E-state index in [2.05, 4.69) is 35.6 Å². The number of nitrogens with zero attached hydrogens (tertiary/aromatic N) is 3. The maximum atomic E-state index is 15.2. The summed E-state index contributed by atoms with van der Waals surface area (Å²) in [6.07, 6.45) is -0.600. The molecule has 5 rings (SSSR count). The number of hydrogen-bond donors (Lipinski definition) is 3. The molecule has 0 radical (unpaired) electrons. The van der Waals surface area contributed by atoms with E-state index < -0.39 is 29.1 Å². The summed E-state index contributed by atoms with van der Waals surface area (Å²) < 4.78 is 57.1. The number of benzene rings is 2. The third kappa shape index (κ3) is 6.95. The number of carbonyl (C=O) groups excluding carboxylic acids is 2. The van der Waals surface area contributed by atoms with E-state index >= 15 is 4.39 Å². The average Bonchev–Trinajstić information content (AvgIpc) is 3.44. The molecule has 0 fully saturated rings. The van der Waals surface area contributed by atoms with Crippen LogP contribution in [0.2, 0.25) is 0 Å². The summed E-state index contributed by atoms with van der Waals surface area (Å²) in [6.45, 7) is 10.8. The highest BCUT2D eigenvalue weighted by atomic mass is 19.4. The molecule has 3 heterocycles. The van der Waals surface area contributed by atoms with Crippen molar-refractivity contribution in [3.05, 3.63) is 99.6 Å². The van der Waals surface area contributed by atoms with Crippen LogP contribution in [0.25, 0.3) is 5.57 Å². The molecule has 2 amide bonds. The highest BCUT2D eigenvalue weighted by Gasteiger charge is 2.51. The maximum absolute atomic E-state index is 15.2. The van der Waals surface area contributed by atoms with Crippen molar-refractivity contribution in [3.8, 4) is 0 Å². The molecule has 2 aromatic carbocycles. The summed E-state index contributed by atoms with van der Waals surface area (Å²) in [5, 5.41) is 20.4. The molecule has 8 nitrogen and oxygen atoms in total. The smallest absolute Gasteiger partial charge is 0.376 e. The van der Waals surface area contributed by atoms with Gasteiger partial charge in [-0.3, -0.25) is 19.2 Å². The second-order valence-corrected chi connectivity index (χ2v) is 13.2. The van der Waals surface area contributed by atoms with E-state index in [9.17, 15) is 27.9 Å². The van der Waals surface area contributed by atoms with Crippen molar-refractivity contribution >= 4 is 23.1 Å². The molecule has 3 aromatic rings. The van der Waals surface area contributed by atoms with Gasteiger partial charge < -0.3 is 15.7 Å². The third-order valence-corrected chi connectivity index (χ3v) is 9.58. The van der Waals surface area contributed by atoms with Gasteiger partial charge in [-0.1, -0.05) is 38.1 Å². The molecule has 4 atom stereocenters. The van der Waals surface area contributed by atoms with Crippen LogP contribution in [0.4, 0.5) is 23.2 Å². The fourth-order valence-corrected chi connectivity index (χ4v) is 6.10. The predicted octanol–water partition coefficient (Wildman–Crippen LogP) is 6.46. The van der Waals surface area contributed by atoms with Crippen LogP contribution in [0.15, 0.2) is 60.2 Å². The number of fused-ring (bicyclic) bond motifs is 1. The van der Waals surface area contributed by atoms with Crippen LogP contribution in [0.3, 0.4) is 0 Å². The van der Waals surface area contributed by atoms with Gasteiger partial charge in [-0.2, -0.15) is 18.3 Å². The maximum Gasteiger partial charge on any atom is 0.421 e. The van der Waals surface area contributed by atoms with Gasteiger partial charge in [-0.05, 0) is 92.8 Å². The molecule has 0 bridgehead atoms. The Morgan fingerprint density at radius 1 is 1.10 bits per heavy atom. The lowest BCUT2D eigenvalue weighted by Crippen LogP contribution is -2.39. The second kappa shape index (κ2) is 13.3. The van der Waals surface area contributed by atoms with Crippen LogP contribution in [0.5, 0.6) is 0 Å². The first-order valence-corrected chi connectivity index (χ1v) is 16.0. The third-order valence-electron chi connectivity index (χ3n) is 9.58. The van der Waals surface area contributed by atoms with E-state index in [1.165, 1.54) is 6.07 Å². The number of anilines is 1. The lowest BCUT2D eigenvalue weighted by Gasteiger charge is -2.26. The number of rotatable bonds is 7. The number of aromatic nitrogens is 2. The lowest BCUT2D eigenvalue weighted by atomic mass is 9.83. The standard InChI is InChI=1S/C36H41F4N5O3/c1-20-7-8-25(17-29(34(47)41-20)21(2)22(3)31-18-27-19-44(6)15-16-45(27)43-31)28-13-14-30(37)32(23(28)4)42-33(46)24-9-11-26(12-10-24)35(5,48)36(38,39)40/h8-14,17-18,20-22,48H,7,15-16,19H2,1-6H3,(H,41,47)(H,42,46). The van der Waals surface area contributed by atoms with Crippen molar-refractivity contribution in [3.63, 3.8) is 0 Å². The summed E-state index contributed by atoms with van der Waals surface area (Å²) in [5.41, 5.74) is 0.667. The molecular weight excluding hydrogens is 626 g/mol. The van der Waals surface area contributed by atoms with Crippen LogP contribution in [0.1, 0.15) is 78.5 Å². The zero-order valence-electron chi connectivity index (χ0n) is 27.9. The number of aliphatic hydroxyl groups is 1. The summed E-state index contributed by atoms with van der Waals surface area (Å²) in [5.74, 6) is -1.94. The molecule has 2 aliphatic heterocycles. The van der Waals surface area contributed by atoms with Gasteiger partial charge >= 0.3 is 6.18 Å². The van der Waals surface area contributed by atoms with Gasteiger partial charge in [0.1, 0.15) is 5.82 Å². The Labute approximate surface area is 277 Å². The predicted molar refractivity (Wildman–Crippen MR) is 176 cm³/mol. The van der Waals surface area contributed by atoms with Gasteiger partial charge in [0.15, 0.2) is 5.60 Å². The quantitative estimate of drug-likeness (QED) is 0.252. The van der Waals surface area contributed by atoms with E-state index in [1.54, 1.807) is 13.0 Å². The second-order valence-electron chi connectivity index (χ2n) is 13.2. The van der Waals surface area contributed by atoms with Crippen molar-refractivity contribution in [1.82, 2.24) is 20.0 Å². The van der Waals surface area contributed by atoms with Gasteiger partial charge in [-0.25, -0.2) is 4.39 Å². The fourth-order valence-electron chi connectivity index (χ4n) is 6.10. The Bertz CT molecular complexity index is 1770. The molecule has 0 saturated heterocycles. The SMILES string of the molecule is Cc1c(C2=CCC(C)NC(=O)C(C(C)C(C)c3cc4n(n3)CCN(C)C4)=C2)ccc(F)c1NC(=O)c1ccc(C(C)(O)C(F)(F)F)cc1. The lowest BCUT2D eigenvalue weighted by molar-refractivity contribution is -0.258.